The second kappa shape index (κ2) is 11.8. The molecule has 4 aromatic heterocycles. The van der Waals surface area contributed by atoms with Crippen LogP contribution in [0.2, 0.25) is 0 Å². The highest BCUT2D eigenvalue weighted by molar-refractivity contribution is 7.21. The van der Waals surface area contributed by atoms with E-state index < -0.39 is 0 Å². The topological polar surface area (TPSA) is 61.4 Å². The van der Waals surface area contributed by atoms with Crippen LogP contribution in [0.4, 0.5) is 0 Å². The van der Waals surface area contributed by atoms with Crippen LogP contribution in [0.3, 0.4) is 0 Å². The first-order valence-corrected chi connectivity index (χ1v) is 18.4. The monoisotopic (exact) mass is 696 g/mol. The molecule has 0 aliphatic heterocycles. The van der Waals surface area contributed by atoms with Crippen molar-refractivity contribution in [3.05, 3.63) is 170 Å². The van der Waals surface area contributed by atoms with Gasteiger partial charge < -0.3 is 4.57 Å². The average molecular weight is 697 g/mol. The Labute approximate surface area is 307 Å². The van der Waals surface area contributed by atoms with E-state index in [0.717, 1.165) is 71.1 Å². The van der Waals surface area contributed by atoms with Crippen molar-refractivity contribution >= 4 is 65.2 Å². The summed E-state index contributed by atoms with van der Waals surface area (Å²) < 4.78 is 5.81. The van der Waals surface area contributed by atoms with Crippen LogP contribution in [0.25, 0.3) is 98.8 Å². The minimum Gasteiger partial charge on any atom is -0.307 e. The number of nitrogens with zero attached hydrogens (tertiary/aromatic N) is 6. The van der Waals surface area contributed by atoms with Crippen molar-refractivity contribution in [2.75, 3.05) is 0 Å². The van der Waals surface area contributed by atoms with Gasteiger partial charge in [0.15, 0.2) is 11.6 Å². The summed E-state index contributed by atoms with van der Waals surface area (Å²) in [5.41, 5.74) is 9.29. The summed E-state index contributed by atoms with van der Waals surface area (Å²) in [5.74, 6) is 1.81. The zero-order valence-electron chi connectivity index (χ0n) is 28.3. The van der Waals surface area contributed by atoms with Crippen LogP contribution in [0, 0.1) is 0 Å². The Morgan fingerprint density at radius 2 is 0.943 bits per heavy atom. The van der Waals surface area contributed by atoms with E-state index in [1.807, 2.05) is 66.7 Å². The lowest BCUT2D eigenvalue weighted by Gasteiger charge is -2.13. The van der Waals surface area contributed by atoms with Crippen LogP contribution in [0.1, 0.15) is 0 Å². The van der Waals surface area contributed by atoms with Gasteiger partial charge in [-0.2, -0.15) is 9.97 Å². The Morgan fingerprint density at radius 3 is 1.60 bits per heavy atom. The Hall–Kier alpha value is -6.96. The number of thiazole rings is 1. The molecule has 0 radical (unpaired) electrons. The Balaban J connectivity index is 1.25. The SMILES string of the molecule is c1ccc(-c2nc(-c3ccccc3)nc(-n3c4ccccc4c4ccc5c6ccccc6n(-c6cccc(-c7nc8ccccc8s7)c6)c5c43)n2)cc1. The third-order valence-electron chi connectivity index (χ3n) is 10.0. The normalized spacial score (nSPS) is 11.8. The number of hydrogen-bond donors (Lipinski definition) is 0. The molecule has 0 saturated carbocycles. The number of hydrogen-bond acceptors (Lipinski definition) is 5. The maximum Gasteiger partial charge on any atom is 0.238 e. The fraction of sp³-hybridized carbons (Fsp3) is 0. The van der Waals surface area contributed by atoms with E-state index in [0.29, 0.717) is 17.6 Å². The minimum absolute atomic E-state index is 0.566. The third kappa shape index (κ3) is 4.71. The molecular formula is C46H28N6S. The van der Waals surface area contributed by atoms with Gasteiger partial charge in [0.25, 0.3) is 0 Å². The summed E-state index contributed by atoms with van der Waals surface area (Å²) in [6, 6.07) is 59.1. The lowest BCUT2D eigenvalue weighted by Crippen LogP contribution is -2.07. The van der Waals surface area contributed by atoms with Crippen molar-refractivity contribution in [3.63, 3.8) is 0 Å². The molecule has 0 unspecified atom stereocenters. The van der Waals surface area contributed by atoms with Crippen LogP contribution >= 0.6 is 11.3 Å². The van der Waals surface area contributed by atoms with Crippen molar-refractivity contribution in [2.45, 2.75) is 0 Å². The van der Waals surface area contributed by atoms with Crippen LogP contribution in [-0.2, 0) is 0 Å². The smallest absolute Gasteiger partial charge is 0.238 e. The van der Waals surface area contributed by atoms with E-state index in [9.17, 15) is 0 Å². The standard InChI is InChI=1S/C46H28N6S/c1-3-14-29(15-4-1)43-48-44(30-16-5-2-6-17-30)50-46(49-43)52-39-24-11-8-21-34(39)36-27-26-35-33-20-7-10-23-38(33)51(41(35)42(36)52)32-19-13-18-31(28-32)45-47-37-22-9-12-25-40(37)53-45/h1-28H. The molecule has 0 N–H and O–H groups in total. The first-order valence-electron chi connectivity index (χ1n) is 17.6. The van der Waals surface area contributed by atoms with Crippen molar-refractivity contribution in [3.8, 4) is 45.0 Å². The first kappa shape index (κ1) is 29.7. The summed E-state index contributed by atoms with van der Waals surface area (Å²) in [6.45, 7) is 0. The minimum atomic E-state index is 0.566. The van der Waals surface area contributed by atoms with Gasteiger partial charge in [-0.3, -0.25) is 4.57 Å². The van der Waals surface area contributed by atoms with Gasteiger partial charge in [-0.15, -0.1) is 11.3 Å². The van der Waals surface area contributed by atoms with Gasteiger partial charge in [-0.25, -0.2) is 9.97 Å². The molecule has 4 heterocycles. The number of rotatable bonds is 5. The third-order valence-corrected chi connectivity index (χ3v) is 11.1. The summed E-state index contributed by atoms with van der Waals surface area (Å²) in [6.07, 6.45) is 0. The molecule has 0 atom stereocenters. The van der Waals surface area contributed by atoms with Crippen LogP contribution in [0.15, 0.2) is 170 Å². The molecule has 7 aromatic carbocycles. The number of benzene rings is 7. The summed E-state index contributed by atoms with van der Waals surface area (Å²) >= 11 is 1.72. The second-order valence-electron chi connectivity index (χ2n) is 13.1. The van der Waals surface area contributed by atoms with Gasteiger partial charge in [0.05, 0.1) is 32.3 Å². The first-order chi connectivity index (χ1) is 26.3. The van der Waals surface area contributed by atoms with E-state index in [2.05, 4.69) is 112 Å². The van der Waals surface area contributed by atoms with Gasteiger partial charge in [0.1, 0.15) is 5.01 Å². The summed E-state index contributed by atoms with van der Waals surface area (Å²) in [5, 5.41) is 5.59. The summed E-state index contributed by atoms with van der Waals surface area (Å²) in [4.78, 5) is 20.5. The van der Waals surface area contributed by atoms with Crippen molar-refractivity contribution in [1.29, 1.82) is 0 Å². The van der Waals surface area contributed by atoms with Crippen molar-refractivity contribution in [2.24, 2.45) is 0 Å². The molecule has 11 rings (SSSR count). The predicted octanol–water partition coefficient (Wildman–Crippen LogP) is 11.7. The molecule has 53 heavy (non-hydrogen) atoms. The fourth-order valence-electron chi connectivity index (χ4n) is 7.65. The van der Waals surface area contributed by atoms with Crippen LogP contribution in [-0.4, -0.2) is 29.1 Å². The van der Waals surface area contributed by atoms with E-state index in [1.54, 1.807) is 11.3 Å². The predicted molar refractivity (Wildman–Crippen MR) is 218 cm³/mol. The second-order valence-corrected chi connectivity index (χ2v) is 14.1. The van der Waals surface area contributed by atoms with Crippen molar-refractivity contribution < 1.29 is 0 Å². The number of fused-ring (bicyclic) bond motifs is 8. The molecule has 11 aromatic rings. The Kier molecular flexibility index (Phi) is 6.62. The molecule has 0 amide bonds. The lowest BCUT2D eigenvalue weighted by atomic mass is 10.1. The highest BCUT2D eigenvalue weighted by Gasteiger charge is 2.23. The molecule has 0 fully saturated rings. The Morgan fingerprint density at radius 1 is 0.396 bits per heavy atom. The van der Waals surface area contributed by atoms with Gasteiger partial charge >= 0.3 is 0 Å². The molecule has 0 spiro atoms. The molecule has 0 bridgehead atoms. The largest absolute Gasteiger partial charge is 0.307 e. The molecule has 7 heteroatoms. The maximum absolute atomic E-state index is 5.23. The number of aromatic nitrogens is 6. The number of para-hydroxylation sites is 3. The molecule has 6 nitrogen and oxygen atoms in total. The van der Waals surface area contributed by atoms with Gasteiger partial charge in [-0.1, -0.05) is 133 Å². The van der Waals surface area contributed by atoms with Gasteiger partial charge in [-0.05, 0) is 36.4 Å². The highest BCUT2D eigenvalue weighted by atomic mass is 32.1. The van der Waals surface area contributed by atoms with Crippen LogP contribution < -0.4 is 0 Å². The van der Waals surface area contributed by atoms with E-state index in [-0.39, 0.29) is 0 Å². The molecule has 0 aliphatic carbocycles. The molecule has 0 aliphatic rings. The highest BCUT2D eigenvalue weighted by Crippen LogP contribution is 2.42. The molecular weight excluding hydrogens is 669 g/mol. The van der Waals surface area contributed by atoms with Gasteiger partial charge in [0, 0.05) is 43.9 Å². The van der Waals surface area contributed by atoms with E-state index in [1.165, 1.54) is 10.1 Å². The molecule has 0 saturated heterocycles. The van der Waals surface area contributed by atoms with E-state index >= 15 is 0 Å². The molecule has 248 valence electrons. The summed E-state index contributed by atoms with van der Waals surface area (Å²) in [7, 11) is 0. The fourth-order valence-corrected chi connectivity index (χ4v) is 8.61. The quantitative estimate of drug-likeness (QED) is 0.180. The van der Waals surface area contributed by atoms with Crippen LogP contribution in [0.5, 0.6) is 0 Å². The average Bonchev–Trinajstić information content (AvgIpc) is 3.92. The maximum atomic E-state index is 5.23. The van der Waals surface area contributed by atoms with E-state index in [4.69, 9.17) is 19.9 Å². The zero-order chi connectivity index (χ0) is 34.9. The lowest BCUT2D eigenvalue weighted by molar-refractivity contribution is 0.953. The van der Waals surface area contributed by atoms with Gasteiger partial charge in [0.2, 0.25) is 5.95 Å². The zero-order valence-corrected chi connectivity index (χ0v) is 29.1. The Bertz CT molecular complexity index is 3090. The van der Waals surface area contributed by atoms with Crippen molar-refractivity contribution in [1.82, 2.24) is 29.1 Å².